The van der Waals surface area contributed by atoms with Crippen molar-refractivity contribution in [3.8, 4) is 33.8 Å². The average molecular weight is 875 g/mol. The monoisotopic (exact) mass is 874 g/mol. The summed E-state index contributed by atoms with van der Waals surface area (Å²) in [6, 6.07) is 59.7. The van der Waals surface area contributed by atoms with Crippen LogP contribution in [0.15, 0.2) is 248 Å². The molecule has 0 bridgehead atoms. The van der Waals surface area contributed by atoms with Crippen LogP contribution in [0, 0.1) is 11.3 Å². The number of fused-ring (bicyclic) bond motifs is 1. The Morgan fingerprint density at radius 1 is 0.544 bits per heavy atom. The van der Waals surface area contributed by atoms with Gasteiger partial charge in [0.1, 0.15) is 0 Å². The molecule has 4 aliphatic rings. The molecule has 0 saturated carbocycles. The Morgan fingerprint density at radius 2 is 1.21 bits per heavy atom. The predicted molar refractivity (Wildman–Crippen MR) is 284 cm³/mol. The predicted octanol–water partition coefficient (Wildman–Crippen LogP) is 15.6. The Hall–Kier alpha value is -8.47. The van der Waals surface area contributed by atoms with Gasteiger partial charge < -0.3 is 5.32 Å². The van der Waals surface area contributed by atoms with Crippen LogP contribution in [0.5, 0.6) is 0 Å². The molecule has 2 heterocycles. The lowest BCUT2D eigenvalue weighted by molar-refractivity contribution is 0.721. The molecule has 4 heteroatoms. The molecule has 0 fully saturated rings. The molecule has 4 nitrogen and oxygen atoms in total. The number of benzene rings is 6. The van der Waals surface area contributed by atoms with Crippen LogP contribution in [0.1, 0.15) is 59.2 Å². The highest BCUT2D eigenvalue weighted by molar-refractivity contribution is 6.36. The fourth-order valence-electron chi connectivity index (χ4n) is 9.71. The van der Waals surface area contributed by atoms with Crippen molar-refractivity contribution >= 4 is 33.7 Å². The normalized spacial score (nSPS) is 17.1. The van der Waals surface area contributed by atoms with E-state index in [0.717, 1.165) is 110 Å². The maximum atomic E-state index is 9.74. The number of rotatable bonds is 10. The summed E-state index contributed by atoms with van der Waals surface area (Å²) in [7, 11) is 0. The van der Waals surface area contributed by atoms with Gasteiger partial charge in [-0.15, -0.1) is 0 Å². The van der Waals surface area contributed by atoms with E-state index in [1.165, 1.54) is 16.7 Å². The summed E-state index contributed by atoms with van der Waals surface area (Å²) >= 11 is 0. The molecule has 326 valence electrons. The van der Waals surface area contributed by atoms with Gasteiger partial charge in [-0.05, 0) is 87.9 Å². The van der Waals surface area contributed by atoms with Crippen molar-refractivity contribution in [1.82, 2.24) is 15.3 Å². The number of nitrogens with zero attached hydrogens (tertiary/aromatic N) is 2. The highest BCUT2D eigenvalue weighted by atomic mass is 14.9. The zero-order chi connectivity index (χ0) is 45.7. The lowest BCUT2D eigenvalue weighted by Crippen LogP contribution is -2.27. The highest BCUT2D eigenvalue weighted by Gasteiger charge is 2.31. The molecule has 2 N–H and O–H groups in total. The van der Waals surface area contributed by atoms with Gasteiger partial charge in [0.2, 0.25) is 0 Å². The molecule has 1 aliphatic heterocycles. The average Bonchev–Trinajstić information content (AvgIpc) is 3.69. The smallest absolute Gasteiger partial charge is 0.160 e. The Kier molecular flexibility index (Phi) is 11.9. The minimum atomic E-state index is 0.135. The maximum absolute atomic E-state index is 9.74. The molecule has 11 rings (SSSR count). The number of nitrogens with one attached hydrogen (secondary N) is 2. The van der Waals surface area contributed by atoms with Crippen molar-refractivity contribution in [3.05, 3.63) is 281 Å². The maximum Gasteiger partial charge on any atom is 0.160 e. The van der Waals surface area contributed by atoms with E-state index in [1.54, 1.807) is 0 Å². The molecule has 1 atom stereocenters. The van der Waals surface area contributed by atoms with Crippen LogP contribution in [-0.4, -0.2) is 15.7 Å². The van der Waals surface area contributed by atoms with Gasteiger partial charge in [0.05, 0.1) is 22.8 Å². The molecule has 7 aromatic rings. The summed E-state index contributed by atoms with van der Waals surface area (Å²) in [5.74, 6) is 0.838. The van der Waals surface area contributed by atoms with Crippen LogP contribution in [0.4, 0.5) is 0 Å². The van der Waals surface area contributed by atoms with Gasteiger partial charge in [-0.25, -0.2) is 9.97 Å². The van der Waals surface area contributed by atoms with Crippen LogP contribution in [-0.2, 0) is 0 Å². The third kappa shape index (κ3) is 8.68. The first kappa shape index (κ1) is 42.2. The van der Waals surface area contributed by atoms with E-state index in [0.29, 0.717) is 11.5 Å². The second-order valence-corrected chi connectivity index (χ2v) is 17.5. The molecule has 1 unspecified atom stereocenters. The summed E-state index contributed by atoms with van der Waals surface area (Å²) in [6.45, 7) is 0. The minimum Gasteiger partial charge on any atom is -0.357 e. The van der Waals surface area contributed by atoms with E-state index in [9.17, 15) is 5.41 Å². The molecule has 0 radical (unpaired) electrons. The zero-order valence-electron chi connectivity index (χ0n) is 37.8. The van der Waals surface area contributed by atoms with Crippen molar-refractivity contribution in [1.29, 1.82) is 5.41 Å². The fraction of sp³-hybridized carbons (Fsp3) is 0.0781. The first-order chi connectivity index (χ1) is 33.6. The Balaban J connectivity index is 0.942. The van der Waals surface area contributed by atoms with Gasteiger partial charge in [0.25, 0.3) is 0 Å². The lowest BCUT2D eigenvalue weighted by atomic mass is 9.80. The Morgan fingerprint density at radius 3 is 1.96 bits per heavy atom. The molecule has 0 amide bonds. The van der Waals surface area contributed by atoms with Gasteiger partial charge in [0.15, 0.2) is 5.82 Å². The largest absolute Gasteiger partial charge is 0.357 e. The number of allylic oxidation sites excluding steroid dienone is 15. The second-order valence-electron chi connectivity index (χ2n) is 17.5. The van der Waals surface area contributed by atoms with E-state index in [4.69, 9.17) is 9.97 Å². The molecule has 3 aliphatic carbocycles. The van der Waals surface area contributed by atoms with E-state index >= 15 is 0 Å². The van der Waals surface area contributed by atoms with Crippen molar-refractivity contribution in [2.75, 3.05) is 0 Å². The SMILES string of the molecule is N=C(C1=CC=CCC1)/C(=C1\NC(C2C=CC=CC2)=C(c2ccc(C3=CCC=C(c4cc(-c5cccc(-c6ccccc6)c5)nc(-c5ccccc5)n4)C=C3)cc2)c2ccccc21)c1ccccc1. The lowest BCUT2D eigenvalue weighted by Gasteiger charge is -2.33. The van der Waals surface area contributed by atoms with E-state index in [1.807, 2.05) is 30.3 Å². The molecular weight excluding hydrogens is 825 g/mol. The number of hydrogen-bond acceptors (Lipinski definition) is 4. The highest BCUT2D eigenvalue weighted by Crippen LogP contribution is 2.44. The van der Waals surface area contributed by atoms with Crippen LogP contribution < -0.4 is 5.32 Å². The molecule has 0 spiro atoms. The van der Waals surface area contributed by atoms with Crippen molar-refractivity contribution in [2.24, 2.45) is 5.92 Å². The molecule has 6 aromatic carbocycles. The van der Waals surface area contributed by atoms with E-state index < -0.39 is 0 Å². The minimum absolute atomic E-state index is 0.135. The summed E-state index contributed by atoms with van der Waals surface area (Å²) in [6.07, 6.45) is 27.7. The Labute approximate surface area is 399 Å². The summed E-state index contributed by atoms with van der Waals surface area (Å²) in [5.41, 5.74) is 19.8. The van der Waals surface area contributed by atoms with Crippen LogP contribution in [0.25, 0.3) is 61.8 Å². The molecule has 1 aromatic heterocycles. The van der Waals surface area contributed by atoms with E-state index in [2.05, 4.69) is 212 Å². The van der Waals surface area contributed by atoms with Gasteiger partial charge in [-0.1, -0.05) is 225 Å². The first-order valence-electron chi connectivity index (χ1n) is 23.6. The van der Waals surface area contributed by atoms with Gasteiger partial charge in [-0.2, -0.15) is 0 Å². The topological polar surface area (TPSA) is 61.7 Å². The molecular formula is C64H50N4. The van der Waals surface area contributed by atoms with Gasteiger partial charge in [0, 0.05) is 39.5 Å². The quantitative estimate of drug-likeness (QED) is 0.135. The van der Waals surface area contributed by atoms with Crippen molar-refractivity contribution in [3.63, 3.8) is 0 Å². The third-order valence-electron chi connectivity index (χ3n) is 13.2. The zero-order valence-corrected chi connectivity index (χ0v) is 37.8. The summed E-state index contributed by atoms with van der Waals surface area (Å²) in [5, 5.41) is 13.8. The first-order valence-corrected chi connectivity index (χ1v) is 23.6. The van der Waals surface area contributed by atoms with E-state index in [-0.39, 0.29) is 5.92 Å². The Bertz CT molecular complexity index is 3340. The third-order valence-corrected chi connectivity index (χ3v) is 13.2. The summed E-state index contributed by atoms with van der Waals surface area (Å²) in [4.78, 5) is 10.3. The molecule has 0 saturated heterocycles. The van der Waals surface area contributed by atoms with Crippen molar-refractivity contribution in [2.45, 2.75) is 25.7 Å². The second kappa shape index (κ2) is 19.2. The van der Waals surface area contributed by atoms with Crippen molar-refractivity contribution < 1.29 is 0 Å². The van der Waals surface area contributed by atoms with Crippen LogP contribution in [0.3, 0.4) is 0 Å². The van der Waals surface area contributed by atoms with Gasteiger partial charge >= 0.3 is 0 Å². The fourth-order valence-corrected chi connectivity index (χ4v) is 9.71. The summed E-state index contributed by atoms with van der Waals surface area (Å²) < 4.78 is 0. The van der Waals surface area contributed by atoms with Crippen LogP contribution >= 0.6 is 0 Å². The standard InChI is InChI=1S/C64H50N4/c65-61(50-24-10-3-11-25-50)60(48-22-8-2-9-23-48)63-56-35-17-16-34-55(56)59(62(68-63)51-26-12-4-13-27-51)49-40-37-46(38-41-49)45-30-18-31-47(39-36-45)57-43-58(67-64(66-57)52-28-14-5-15-29-52)54-33-19-32-53(42-54)44-20-6-1-7-21-44/h1-10,12-17,19-24,26,28-43,51,65,68H,11,18,25,27H2/b63-60-,65-61?. The number of aromatic nitrogens is 2. The van der Waals surface area contributed by atoms with Crippen LogP contribution in [0.2, 0.25) is 0 Å². The van der Waals surface area contributed by atoms with Gasteiger partial charge in [-0.3, -0.25) is 5.41 Å². The number of hydrogen-bond donors (Lipinski definition) is 2. The molecule has 68 heavy (non-hydrogen) atoms.